The summed E-state index contributed by atoms with van der Waals surface area (Å²) in [4.78, 5) is 22.0. The Morgan fingerprint density at radius 2 is 1.65 bits per heavy atom. The largest absolute Gasteiger partial charge is 0.392 e. The first-order valence-electron chi connectivity index (χ1n) is 17.5. The molecule has 0 aliphatic carbocycles. The van der Waals surface area contributed by atoms with Crippen molar-refractivity contribution < 1.29 is 19.4 Å². The molecule has 3 aliphatic heterocycles. The van der Waals surface area contributed by atoms with Gasteiger partial charge in [-0.05, 0) is 85.3 Å². The van der Waals surface area contributed by atoms with Gasteiger partial charge in [-0.25, -0.2) is 0 Å². The number of carbonyl (C=O) groups is 1. The van der Waals surface area contributed by atoms with Crippen LogP contribution in [0.2, 0.25) is 0 Å². The number of hydrogen-bond donors (Lipinski definition) is 2. The molecule has 1 aromatic heterocycles. The van der Waals surface area contributed by atoms with Crippen molar-refractivity contribution in [3.63, 3.8) is 0 Å². The van der Waals surface area contributed by atoms with Crippen molar-refractivity contribution in [1.29, 1.82) is 0 Å². The molecule has 3 saturated heterocycles. The van der Waals surface area contributed by atoms with Crippen molar-refractivity contribution in [2.45, 2.75) is 69.8 Å². The van der Waals surface area contributed by atoms with Crippen molar-refractivity contribution in [1.82, 2.24) is 20.1 Å². The third-order valence-electron chi connectivity index (χ3n) is 10.1. The van der Waals surface area contributed by atoms with Gasteiger partial charge in [0.2, 0.25) is 0 Å². The Morgan fingerprint density at radius 1 is 0.854 bits per heavy atom. The first-order chi connectivity index (χ1) is 23.6. The van der Waals surface area contributed by atoms with Gasteiger partial charge in [-0.1, -0.05) is 72.8 Å². The molecule has 8 heteroatoms. The average molecular weight is 647 g/mol. The summed E-state index contributed by atoms with van der Waals surface area (Å²) in [6.45, 7) is 6.08. The molecule has 4 aromatic rings. The molecule has 4 heterocycles. The lowest BCUT2D eigenvalue weighted by atomic mass is 9.97. The number of aliphatic hydroxyl groups excluding tert-OH is 1. The summed E-state index contributed by atoms with van der Waals surface area (Å²) in [5, 5.41) is 12.6. The molecule has 250 valence electrons. The van der Waals surface area contributed by atoms with E-state index in [0.29, 0.717) is 18.2 Å². The van der Waals surface area contributed by atoms with Crippen LogP contribution in [0.3, 0.4) is 0 Å². The molecule has 48 heavy (non-hydrogen) atoms. The van der Waals surface area contributed by atoms with Gasteiger partial charge in [-0.3, -0.25) is 14.7 Å². The molecule has 7 rings (SSSR count). The van der Waals surface area contributed by atoms with Crippen LogP contribution in [0.4, 0.5) is 0 Å². The summed E-state index contributed by atoms with van der Waals surface area (Å²) in [6, 6.07) is 28.8. The molecule has 2 N–H and O–H groups in total. The van der Waals surface area contributed by atoms with Gasteiger partial charge >= 0.3 is 0 Å². The molecule has 0 bridgehead atoms. The van der Waals surface area contributed by atoms with E-state index in [-0.39, 0.29) is 24.7 Å². The number of nitrogens with one attached hydrogen (secondary N) is 1. The van der Waals surface area contributed by atoms with E-state index in [2.05, 4.69) is 62.6 Å². The highest BCUT2D eigenvalue weighted by Gasteiger charge is 2.36. The fourth-order valence-corrected chi connectivity index (χ4v) is 7.45. The molecule has 3 aliphatic rings. The van der Waals surface area contributed by atoms with Crippen LogP contribution in [0, 0.1) is 0 Å². The zero-order valence-corrected chi connectivity index (χ0v) is 27.5. The van der Waals surface area contributed by atoms with Crippen LogP contribution >= 0.6 is 0 Å². The molecular weight excluding hydrogens is 600 g/mol. The number of benzene rings is 3. The van der Waals surface area contributed by atoms with Crippen LogP contribution in [0.25, 0.3) is 11.1 Å². The van der Waals surface area contributed by atoms with E-state index in [0.717, 1.165) is 59.4 Å². The number of hydrogen-bond acceptors (Lipinski definition) is 7. The maximum Gasteiger partial charge on any atom is 0.253 e. The average Bonchev–Trinajstić information content (AvgIpc) is 3.83. The molecule has 3 fully saturated rings. The van der Waals surface area contributed by atoms with Crippen molar-refractivity contribution in [3.8, 4) is 11.1 Å². The predicted octanol–water partition coefficient (Wildman–Crippen LogP) is 6.28. The van der Waals surface area contributed by atoms with Crippen LogP contribution in [0.1, 0.15) is 77.1 Å². The Labute approximate surface area is 283 Å². The van der Waals surface area contributed by atoms with Crippen LogP contribution < -0.4 is 5.32 Å². The van der Waals surface area contributed by atoms with E-state index >= 15 is 0 Å². The van der Waals surface area contributed by atoms with Crippen molar-refractivity contribution in [3.05, 3.63) is 125 Å². The zero-order valence-electron chi connectivity index (χ0n) is 27.5. The third kappa shape index (κ3) is 7.86. The van der Waals surface area contributed by atoms with Crippen molar-refractivity contribution in [2.75, 3.05) is 32.7 Å². The third-order valence-corrected chi connectivity index (χ3v) is 10.1. The highest BCUT2D eigenvalue weighted by molar-refractivity contribution is 5.93. The van der Waals surface area contributed by atoms with Gasteiger partial charge in [0, 0.05) is 50.1 Å². The molecule has 3 aromatic carbocycles. The second kappa shape index (κ2) is 15.5. The first-order valence-corrected chi connectivity index (χ1v) is 17.5. The van der Waals surface area contributed by atoms with E-state index in [1.54, 1.807) is 24.5 Å². The Hall–Kier alpha value is -3.92. The van der Waals surface area contributed by atoms with Crippen molar-refractivity contribution in [2.24, 2.45) is 0 Å². The maximum absolute atomic E-state index is 12.7. The summed E-state index contributed by atoms with van der Waals surface area (Å²) in [6.07, 6.45) is 8.60. The minimum atomic E-state index is -0.492. The summed E-state index contributed by atoms with van der Waals surface area (Å²) in [7, 11) is 0. The van der Waals surface area contributed by atoms with Gasteiger partial charge in [0.25, 0.3) is 5.91 Å². The topological polar surface area (TPSA) is 87.2 Å². The lowest BCUT2D eigenvalue weighted by Crippen LogP contribution is -2.45. The Bertz CT molecular complexity index is 1630. The van der Waals surface area contributed by atoms with E-state index in [4.69, 9.17) is 9.47 Å². The highest BCUT2D eigenvalue weighted by Crippen LogP contribution is 2.39. The Kier molecular flexibility index (Phi) is 10.6. The molecule has 0 spiro atoms. The Morgan fingerprint density at radius 3 is 2.42 bits per heavy atom. The molecule has 0 unspecified atom stereocenters. The maximum atomic E-state index is 12.7. The summed E-state index contributed by atoms with van der Waals surface area (Å²) < 4.78 is 13.4. The van der Waals surface area contributed by atoms with E-state index < -0.39 is 6.29 Å². The Balaban J connectivity index is 1.07. The summed E-state index contributed by atoms with van der Waals surface area (Å²) >= 11 is 0. The van der Waals surface area contributed by atoms with Gasteiger partial charge < -0.3 is 24.8 Å². The number of rotatable bonds is 11. The highest BCUT2D eigenvalue weighted by atomic mass is 16.7. The number of pyridine rings is 1. The van der Waals surface area contributed by atoms with Crippen LogP contribution in [0.5, 0.6) is 0 Å². The molecular formula is C40H46N4O4. The summed E-state index contributed by atoms with van der Waals surface area (Å²) in [5.74, 6) is -0.147. The number of aliphatic hydroxyl groups is 1. The van der Waals surface area contributed by atoms with Crippen molar-refractivity contribution >= 4 is 5.91 Å². The number of aromatic nitrogens is 1. The van der Waals surface area contributed by atoms with E-state index in [9.17, 15) is 9.90 Å². The van der Waals surface area contributed by atoms with E-state index in [1.807, 2.05) is 30.3 Å². The number of ether oxygens (including phenoxy) is 2. The van der Waals surface area contributed by atoms with Gasteiger partial charge in [-0.15, -0.1) is 0 Å². The normalized spacial score (nSPS) is 23.4. The van der Waals surface area contributed by atoms with Gasteiger partial charge in [0.15, 0.2) is 6.29 Å². The number of nitrogens with zero attached hydrogens (tertiary/aromatic N) is 3. The second-order valence-corrected chi connectivity index (χ2v) is 13.4. The predicted molar refractivity (Wildman–Crippen MR) is 186 cm³/mol. The van der Waals surface area contributed by atoms with E-state index in [1.165, 1.54) is 38.8 Å². The smallest absolute Gasteiger partial charge is 0.253 e. The van der Waals surface area contributed by atoms with Crippen LogP contribution in [0.15, 0.2) is 97.3 Å². The van der Waals surface area contributed by atoms with Crippen LogP contribution in [-0.4, -0.2) is 70.7 Å². The van der Waals surface area contributed by atoms with Gasteiger partial charge in [-0.2, -0.15) is 0 Å². The molecule has 0 saturated carbocycles. The molecule has 0 radical (unpaired) electrons. The number of amides is 1. The molecule has 8 nitrogen and oxygen atoms in total. The SMILES string of the molecule is O=C(NCc1ccccc1-c1ccc([C@@H]2O[C@H](CN3CCC[C@H]3CN3CCCC3)C[C@H](c3ccc(CO)cc3)O2)cc1)c1cccnc1. The minimum Gasteiger partial charge on any atom is -0.392 e. The minimum absolute atomic E-state index is 0.0277. The molecule has 1 amide bonds. The fourth-order valence-electron chi connectivity index (χ4n) is 7.45. The monoisotopic (exact) mass is 646 g/mol. The number of likely N-dealkylation sites (tertiary alicyclic amines) is 2. The standard InChI is InChI=1S/C40H46N4O4/c45-28-29-11-13-31(14-12-29)38-23-36(27-44-22-6-9-35(44)26-43-20-3-4-21-43)47-40(48-38)32-17-15-30(16-18-32)37-10-2-1-7-33(37)25-42-39(46)34-8-5-19-41-24-34/h1-2,5,7-8,10-19,24,35-36,38,40,45H,3-4,6,9,20-23,25-28H2,(H,42,46)/t35-,36-,38+,40+/m0/s1. The number of carbonyl (C=O) groups excluding carboxylic acids is 1. The fraction of sp³-hybridized carbons (Fsp3) is 0.400. The zero-order chi connectivity index (χ0) is 32.7. The van der Waals surface area contributed by atoms with Crippen LogP contribution in [-0.2, 0) is 22.6 Å². The lowest BCUT2D eigenvalue weighted by Gasteiger charge is -2.39. The van der Waals surface area contributed by atoms with Gasteiger partial charge in [0.05, 0.1) is 24.4 Å². The first kappa shape index (κ1) is 32.6. The lowest BCUT2D eigenvalue weighted by molar-refractivity contribution is -0.253. The van der Waals surface area contributed by atoms with Gasteiger partial charge in [0.1, 0.15) is 0 Å². The quantitative estimate of drug-likeness (QED) is 0.199. The molecule has 4 atom stereocenters. The summed E-state index contributed by atoms with van der Waals surface area (Å²) in [5.41, 5.74) is 6.70. The second-order valence-electron chi connectivity index (χ2n) is 13.4.